The second kappa shape index (κ2) is 8.45. The largest absolute Gasteiger partial charge is 0.281 e. The molecule has 0 spiro atoms. The normalized spacial score (nSPS) is 11.3. The van der Waals surface area contributed by atoms with E-state index in [1.54, 1.807) is 18.3 Å². The number of rotatable bonds is 4. The molecule has 3 aromatic carbocycles. The Morgan fingerprint density at radius 2 is 1.87 bits per heavy atom. The first-order valence-electron chi connectivity index (χ1n) is 9.18. The van der Waals surface area contributed by atoms with Gasteiger partial charge in [-0.25, -0.2) is 9.37 Å². The molecule has 0 aliphatic heterocycles. The Labute approximate surface area is 185 Å². The van der Waals surface area contributed by atoms with E-state index in [0.29, 0.717) is 20.9 Å². The van der Waals surface area contributed by atoms with Gasteiger partial charge >= 0.3 is 0 Å². The lowest BCUT2D eigenvalue weighted by molar-refractivity contribution is 0.0987. The summed E-state index contributed by atoms with van der Waals surface area (Å²) in [5.41, 5.74) is 3.93. The number of halogens is 2. The number of anilines is 1. The molecule has 0 saturated carbocycles. The van der Waals surface area contributed by atoms with Crippen molar-refractivity contribution in [2.24, 2.45) is 5.10 Å². The van der Waals surface area contributed by atoms with Gasteiger partial charge in [0.2, 0.25) is 5.13 Å². The van der Waals surface area contributed by atoms with Crippen LogP contribution in [0.2, 0.25) is 0 Å². The Bertz CT molecular complexity index is 1270. The van der Waals surface area contributed by atoms with Crippen LogP contribution in [-0.2, 0) is 0 Å². The highest BCUT2D eigenvalue weighted by molar-refractivity contribution is 9.10. The molecule has 4 rings (SSSR count). The molecule has 30 heavy (non-hydrogen) atoms. The average molecular weight is 482 g/mol. The molecule has 0 aliphatic rings. The number of carbonyl (C=O) groups excluding carboxylic acids is 1. The second-order valence-electron chi connectivity index (χ2n) is 6.84. The van der Waals surface area contributed by atoms with Crippen LogP contribution in [0.25, 0.3) is 10.2 Å². The number of hydrogen-bond donors (Lipinski definition) is 0. The second-order valence-corrected chi connectivity index (χ2v) is 8.76. The van der Waals surface area contributed by atoms with E-state index in [9.17, 15) is 9.18 Å². The van der Waals surface area contributed by atoms with E-state index in [2.05, 4.69) is 26.0 Å². The van der Waals surface area contributed by atoms with Gasteiger partial charge in [0.15, 0.2) is 0 Å². The minimum atomic E-state index is -0.344. The van der Waals surface area contributed by atoms with Crippen molar-refractivity contribution < 1.29 is 9.18 Å². The molecular weight excluding hydrogens is 465 g/mol. The molecule has 0 N–H and O–H groups in total. The molecule has 1 amide bonds. The molecule has 7 heteroatoms. The highest BCUT2D eigenvalue weighted by atomic mass is 79.9. The van der Waals surface area contributed by atoms with Crippen LogP contribution in [0, 0.1) is 19.7 Å². The number of thiazole rings is 1. The predicted octanol–water partition coefficient (Wildman–Crippen LogP) is 6.50. The molecule has 0 fully saturated rings. The van der Waals surface area contributed by atoms with Crippen LogP contribution in [0.4, 0.5) is 9.52 Å². The quantitative estimate of drug-likeness (QED) is 0.246. The number of fused-ring (bicyclic) bond motifs is 1. The fraction of sp³-hybridized carbons (Fsp3) is 0.0870. The van der Waals surface area contributed by atoms with Crippen LogP contribution in [0.5, 0.6) is 0 Å². The van der Waals surface area contributed by atoms with Gasteiger partial charge in [-0.05, 0) is 61.4 Å². The first-order valence-corrected chi connectivity index (χ1v) is 10.8. The lowest BCUT2D eigenvalue weighted by Crippen LogP contribution is -2.26. The fourth-order valence-corrected chi connectivity index (χ4v) is 4.22. The van der Waals surface area contributed by atoms with Crippen LogP contribution in [0.1, 0.15) is 27.0 Å². The summed E-state index contributed by atoms with van der Waals surface area (Å²) < 4.78 is 15.2. The maximum atomic E-state index is 13.6. The molecule has 150 valence electrons. The molecule has 1 heterocycles. The lowest BCUT2D eigenvalue weighted by Gasteiger charge is -2.15. The van der Waals surface area contributed by atoms with Crippen molar-refractivity contribution in [2.75, 3.05) is 5.01 Å². The van der Waals surface area contributed by atoms with Gasteiger partial charge in [0.05, 0.1) is 16.4 Å². The number of carbonyl (C=O) groups is 1. The van der Waals surface area contributed by atoms with Gasteiger partial charge in [-0.3, -0.25) is 4.79 Å². The lowest BCUT2D eigenvalue weighted by atomic mass is 10.1. The summed E-state index contributed by atoms with van der Waals surface area (Å²) in [5.74, 6) is -0.635. The summed E-state index contributed by atoms with van der Waals surface area (Å²) >= 11 is 4.63. The highest BCUT2D eigenvalue weighted by Gasteiger charge is 2.22. The van der Waals surface area contributed by atoms with E-state index in [1.165, 1.54) is 28.5 Å². The Kier molecular flexibility index (Phi) is 5.74. The molecule has 0 saturated heterocycles. The topological polar surface area (TPSA) is 45.6 Å². The van der Waals surface area contributed by atoms with Crippen molar-refractivity contribution in [2.45, 2.75) is 13.8 Å². The molecule has 0 radical (unpaired) electrons. The minimum Gasteiger partial charge on any atom is -0.267 e. The van der Waals surface area contributed by atoms with Gasteiger partial charge < -0.3 is 0 Å². The van der Waals surface area contributed by atoms with Gasteiger partial charge in [-0.2, -0.15) is 10.1 Å². The average Bonchev–Trinajstić information content (AvgIpc) is 3.12. The van der Waals surface area contributed by atoms with Crippen molar-refractivity contribution >= 4 is 54.7 Å². The minimum absolute atomic E-state index is 0.291. The van der Waals surface area contributed by atoms with Crippen LogP contribution in [0.15, 0.2) is 70.2 Å². The molecule has 0 unspecified atom stereocenters. The van der Waals surface area contributed by atoms with Crippen molar-refractivity contribution in [3.63, 3.8) is 0 Å². The smallest absolute Gasteiger partial charge is 0.267 e. The number of amides is 1. The van der Waals surface area contributed by atoms with Crippen LogP contribution in [0.3, 0.4) is 0 Å². The van der Waals surface area contributed by atoms with Crippen molar-refractivity contribution in [3.8, 4) is 0 Å². The van der Waals surface area contributed by atoms with Crippen molar-refractivity contribution in [3.05, 3.63) is 93.2 Å². The number of aryl methyl sites for hydroxylation is 2. The number of hydrogen-bond acceptors (Lipinski definition) is 4. The van der Waals surface area contributed by atoms with Crippen LogP contribution in [-0.4, -0.2) is 17.1 Å². The highest BCUT2D eigenvalue weighted by Crippen LogP contribution is 2.31. The Morgan fingerprint density at radius 3 is 2.60 bits per heavy atom. The molecular formula is C23H17BrFN3OS. The van der Waals surface area contributed by atoms with Crippen LogP contribution < -0.4 is 5.01 Å². The van der Waals surface area contributed by atoms with Gasteiger partial charge in [-0.15, -0.1) is 0 Å². The molecule has 0 bridgehead atoms. The summed E-state index contributed by atoms with van der Waals surface area (Å²) in [6, 6.07) is 17.6. The van der Waals surface area contributed by atoms with E-state index in [-0.39, 0.29) is 11.7 Å². The third-order valence-electron chi connectivity index (χ3n) is 4.52. The third kappa shape index (κ3) is 4.32. The monoisotopic (exact) mass is 481 g/mol. The summed E-state index contributed by atoms with van der Waals surface area (Å²) in [6.07, 6.45) is 1.61. The number of nitrogens with zero attached hydrogens (tertiary/aromatic N) is 3. The standard InChI is InChI=1S/C23H17BrFN3OS/c1-14-3-9-19(15(2)11-14)22(29)28(26-13-16-4-6-17(24)7-5-16)23-27-20-10-8-18(25)12-21(20)30-23/h3-13H,1-2H3/b26-13+. The first kappa shape index (κ1) is 20.4. The maximum Gasteiger partial charge on any atom is 0.281 e. The Hall–Kier alpha value is -2.90. The maximum absolute atomic E-state index is 13.6. The van der Waals surface area contributed by atoms with Crippen LogP contribution >= 0.6 is 27.3 Å². The molecule has 0 aliphatic carbocycles. The third-order valence-corrected chi connectivity index (χ3v) is 6.04. The summed E-state index contributed by atoms with van der Waals surface area (Å²) in [4.78, 5) is 17.9. The Morgan fingerprint density at radius 1 is 1.10 bits per heavy atom. The summed E-state index contributed by atoms with van der Waals surface area (Å²) in [5, 5.41) is 6.11. The van der Waals surface area contributed by atoms with E-state index in [0.717, 1.165) is 21.2 Å². The zero-order chi connectivity index (χ0) is 21.3. The van der Waals surface area contributed by atoms with Gasteiger partial charge in [0, 0.05) is 10.0 Å². The summed E-state index contributed by atoms with van der Waals surface area (Å²) in [7, 11) is 0. The number of benzene rings is 3. The SMILES string of the molecule is Cc1ccc(C(=O)N(/N=C/c2ccc(Br)cc2)c2nc3ccc(F)cc3s2)c(C)c1. The predicted molar refractivity (Wildman–Crippen MR) is 124 cm³/mol. The van der Waals surface area contributed by atoms with Crippen molar-refractivity contribution in [1.29, 1.82) is 0 Å². The fourth-order valence-electron chi connectivity index (χ4n) is 3.01. The zero-order valence-corrected chi connectivity index (χ0v) is 18.7. The molecule has 4 nitrogen and oxygen atoms in total. The van der Waals surface area contributed by atoms with E-state index >= 15 is 0 Å². The molecule has 4 aromatic rings. The molecule has 1 aromatic heterocycles. The Balaban J connectivity index is 1.78. The van der Waals surface area contributed by atoms with Gasteiger partial charge in [0.25, 0.3) is 5.91 Å². The van der Waals surface area contributed by atoms with Gasteiger partial charge in [0.1, 0.15) is 5.82 Å². The molecule has 0 atom stereocenters. The van der Waals surface area contributed by atoms with Crippen molar-refractivity contribution in [1.82, 2.24) is 4.98 Å². The number of aromatic nitrogens is 1. The van der Waals surface area contributed by atoms with Gasteiger partial charge in [-0.1, -0.05) is 57.1 Å². The summed E-state index contributed by atoms with van der Waals surface area (Å²) in [6.45, 7) is 3.87. The zero-order valence-electron chi connectivity index (χ0n) is 16.3. The number of hydrazone groups is 1. The van der Waals surface area contributed by atoms with E-state index < -0.39 is 0 Å². The van der Waals surface area contributed by atoms with E-state index in [1.807, 2.05) is 50.2 Å². The first-order chi connectivity index (χ1) is 14.4. The van der Waals surface area contributed by atoms with E-state index in [4.69, 9.17) is 0 Å².